The minimum Gasteiger partial charge on any atom is -0.313 e. The average Bonchev–Trinajstić information content (AvgIpc) is 3.81. The zero-order valence-electron chi connectivity index (χ0n) is 33.2. The van der Waals surface area contributed by atoms with E-state index in [1.807, 2.05) is 0 Å². The van der Waals surface area contributed by atoms with E-state index in [1.54, 1.807) is 0 Å². The van der Waals surface area contributed by atoms with E-state index in [9.17, 15) is 0 Å². The lowest BCUT2D eigenvalue weighted by Crippen LogP contribution is -2.06. The van der Waals surface area contributed by atoms with E-state index in [4.69, 9.17) is 0 Å². The van der Waals surface area contributed by atoms with Gasteiger partial charge in [0.2, 0.25) is 0 Å². The van der Waals surface area contributed by atoms with Crippen LogP contribution in [0.4, 0.5) is 0 Å². The molecule has 2 nitrogen and oxygen atoms in total. The molecule has 2 aromatic heterocycles. The maximum absolute atomic E-state index is 2.56. The zero-order chi connectivity index (χ0) is 39.3. The predicted octanol–water partition coefficient (Wildman–Crippen LogP) is 15.0. The Morgan fingerprint density at radius 1 is 0.333 bits per heavy atom. The molecule has 0 atom stereocenters. The normalized spacial score (nSPS) is 13.5. The lowest BCUT2D eigenvalue weighted by Gasteiger charge is -2.22. The summed E-state index contributed by atoms with van der Waals surface area (Å²) in [6.45, 7) is 0. The number of fused-ring (bicyclic) bond motifs is 11. The Hall–Kier alpha value is -7.42. The first-order valence-corrected chi connectivity index (χ1v) is 21.3. The molecule has 2 heteroatoms. The van der Waals surface area contributed by atoms with Crippen LogP contribution in [0.15, 0.2) is 188 Å². The van der Waals surface area contributed by atoms with Crippen molar-refractivity contribution in [2.24, 2.45) is 0 Å². The number of rotatable bonds is 4. The zero-order valence-corrected chi connectivity index (χ0v) is 33.2. The third-order valence-corrected chi connectivity index (χ3v) is 13.5. The van der Waals surface area contributed by atoms with Gasteiger partial charge in [0.15, 0.2) is 0 Å². The van der Waals surface area contributed by atoms with Gasteiger partial charge in [-0.3, -0.25) is 0 Å². The van der Waals surface area contributed by atoms with Crippen LogP contribution in [0.25, 0.3) is 99.5 Å². The molecule has 0 unspecified atom stereocenters. The van der Waals surface area contributed by atoms with Crippen molar-refractivity contribution in [2.75, 3.05) is 0 Å². The molecule has 0 spiro atoms. The third kappa shape index (κ3) is 5.14. The fourth-order valence-electron chi connectivity index (χ4n) is 10.5. The molecule has 0 amide bonds. The summed E-state index contributed by atoms with van der Waals surface area (Å²) < 4.78 is 5.03. The lowest BCUT2D eigenvalue weighted by atomic mass is 9.83. The third-order valence-electron chi connectivity index (χ3n) is 13.5. The monoisotopic (exact) mass is 764 g/mol. The number of allylic oxidation sites excluding steroid dienone is 1. The highest BCUT2D eigenvalue weighted by molar-refractivity contribution is 6.12. The minimum absolute atomic E-state index is 0.998. The predicted molar refractivity (Wildman–Crippen MR) is 254 cm³/mol. The lowest BCUT2D eigenvalue weighted by molar-refractivity contribution is 0.898. The molecule has 2 heterocycles. The highest BCUT2D eigenvalue weighted by Gasteiger charge is 2.27. The standard InChI is InChI=1S/C58H40N2/c1-3-15-47(16-4-1)59-55-27-25-43(41-21-19-37-11-7-9-13-39(37)29-41)31-51(55)53-33-45-23-24-46-34-54-52-32-44(42-22-20-38-12-8-10-14-40(38)30-42)26-28-56(52)60(48-17-5-2-6-18-48)58(54)36-50(46)49(45)35-57(53)59/h1-22,25,27,29-36H,23-24,26,28H2. The van der Waals surface area contributed by atoms with Crippen molar-refractivity contribution in [3.63, 3.8) is 0 Å². The van der Waals surface area contributed by atoms with Gasteiger partial charge < -0.3 is 9.13 Å². The molecule has 2 aliphatic carbocycles. The van der Waals surface area contributed by atoms with Crippen molar-refractivity contribution < 1.29 is 0 Å². The highest BCUT2D eigenvalue weighted by atomic mass is 15.0. The van der Waals surface area contributed by atoms with Gasteiger partial charge in [-0.05, 0) is 171 Å². The van der Waals surface area contributed by atoms with E-state index < -0.39 is 0 Å². The molecule has 0 bridgehead atoms. The maximum atomic E-state index is 2.56. The smallest absolute Gasteiger partial charge is 0.0547 e. The first-order chi connectivity index (χ1) is 29.7. The molecule has 0 N–H and O–H groups in total. The van der Waals surface area contributed by atoms with Gasteiger partial charge in [0.25, 0.3) is 0 Å². The number of aryl methyl sites for hydroxylation is 2. The van der Waals surface area contributed by atoms with Crippen molar-refractivity contribution in [2.45, 2.75) is 25.7 Å². The van der Waals surface area contributed by atoms with Gasteiger partial charge in [0, 0.05) is 38.8 Å². The fourth-order valence-corrected chi connectivity index (χ4v) is 10.5. The van der Waals surface area contributed by atoms with E-state index in [1.165, 1.54) is 121 Å². The van der Waals surface area contributed by atoms with Gasteiger partial charge >= 0.3 is 0 Å². The Labute approximate surface area is 348 Å². The topological polar surface area (TPSA) is 9.86 Å². The summed E-state index contributed by atoms with van der Waals surface area (Å²) in [7, 11) is 0. The van der Waals surface area contributed by atoms with Crippen LogP contribution >= 0.6 is 0 Å². The Morgan fingerprint density at radius 3 is 1.53 bits per heavy atom. The first-order valence-electron chi connectivity index (χ1n) is 21.3. The van der Waals surface area contributed by atoms with Gasteiger partial charge in [-0.15, -0.1) is 0 Å². The second kappa shape index (κ2) is 13.0. The van der Waals surface area contributed by atoms with Crippen LogP contribution in [0.1, 0.15) is 34.4 Å². The second-order valence-corrected chi connectivity index (χ2v) is 16.8. The van der Waals surface area contributed by atoms with Crippen molar-refractivity contribution in [3.05, 3.63) is 216 Å². The van der Waals surface area contributed by atoms with Crippen molar-refractivity contribution in [1.29, 1.82) is 0 Å². The summed E-state index contributed by atoms with van der Waals surface area (Å²) in [4.78, 5) is 0. The molecular formula is C58H40N2. The molecule has 0 radical (unpaired) electrons. The first kappa shape index (κ1) is 33.5. The van der Waals surface area contributed by atoms with Crippen molar-refractivity contribution >= 4 is 65.9 Å². The van der Waals surface area contributed by atoms with Crippen LogP contribution in [-0.2, 0) is 19.3 Å². The second-order valence-electron chi connectivity index (χ2n) is 16.8. The minimum atomic E-state index is 0.998. The molecule has 0 aliphatic heterocycles. The van der Waals surface area contributed by atoms with Crippen LogP contribution in [-0.4, -0.2) is 9.13 Å². The molecule has 2 aliphatic rings. The van der Waals surface area contributed by atoms with Crippen LogP contribution in [0.3, 0.4) is 0 Å². The molecule has 0 saturated heterocycles. The van der Waals surface area contributed by atoms with E-state index in [-0.39, 0.29) is 0 Å². The quantitative estimate of drug-likeness (QED) is 0.169. The van der Waals surface area contributed by atoms with E-state index in [0.717, 1.165) is 25.7 Å². The number of hydrogen-bond donors (Lipinski definition) is 0. The molecule has 282 valence electrons. The van der Waals surface area contributed by atoms with Gasteiger partial charge in [0.1, 0.15) is 0 Å². The summed E-state index contributed by atoms with van der Waals surface area (Å²) in [6.07, 6.45) is 6.56. The van der Waals surface area contributed by atoms with E-state index in [0.29, 0.717) is 0 Å². The largest absolute Gasteiger partial charge is 0.313 e. The Morgan fingerprint density at radius 2 is 0.850 bits per heavy atom. The molecule has 9 aromatic carbocycles. The molecule has 60 heavy (non-hydrogen) atoms. The number of aromatic nitrogens is 2. The van der Waals surface area contributed by atoms with Gasteiger partial charge in [0.05, 0.1) is 16.6 Å². The van der Waals surface area contributed by atoms with Crippen molar-refractivity contribution in [1.82, 2.24) is 9.13 Å². The van der Waals surface area contributed by atoms with E-state index in [2.05, 4.69) is 203 Å². The summed E-state index contributed by atoms with van der Waals surface area (Å²) in [6, 6.07) is 70.2. The molecule has 11 aromatic rings. The summed E-state index contributed by atoms with van der Waals surface area (Å²) in [5, 5.41) is 9.09. The van der Waals surface area contributed by atoms with Gasteiger partial charge in [-0.25, -0.2) is 0 Å². The van der Waals surface area contributed by atoms with Crippen LogP contribution in [0, 0.1) is 0 Å². The Bertz CT molecular complexity index is 3580. The highest BCUT2D eigenvalue weighted by Crippen LogP contribution is 2.46. The van der Waals surface area contributed by atoms with Gasteiger partial charge in [-0.2, -0.15) is 0 Å². The van der Waals surface area contributed by atoms with Gasteiger partial charge in [-0.1, -0.05) is 115 Å². The summed E-state index contributed by atoms with van der Waals surface area (Å²) in [5.74, 6) is 0. The Kier molecular flexibility index (Phi) is 7.29. The molecule has 13 rings (SSSR count). The van der Waals surface area contributed by atoms with Crippen LogP contribution in [0.5, 0.6) is 0 Å². The average molecular weight is 765 g/mol. The number of nitrogens with zero attached hydrogens (tertiary/aromatic N) is 2. The Balaban J connectivity index is 1.02. The maximum Gasteiger partial charge on any atom is 0.0547 e. The number of hydrogen-bond acceptors (Lipinski definition) is 0. The fraction of sp³-hybridized carbons (Fsp3) is 0.0690. The molecule has 0 saturated carbocycles. The van der Waals surface area contributed by atoms with Crippen molar-refractivity contribution in [3.8, 4) is 33.6 Å². The van der Waals surface area contributed by atoms with Crippen LogP contribution in [0.2, 0.25) is 0 Å². The SMILES string of the molecule is C1=C(c2ccc3ccccc3c2)CCc2c1c1cc3c(cc1n2-c1ccccc1)-c1cc2c(cc1CC3)c1cc(-c3ccc4ccccc4c3)ccc1n2-c1ccccc1. The molecule has 0 fully saturated rings. The van der Waals surface area contributed by atoms with E-state index >= 15 is 0 Å². The summed E-state index contributed by atoms with van der Waals surface area (Å²) >= 11 is 0. The number of benzene rings is 9. The van der Waals surface area contributed by atoms with Crippen LogP contribution < -0.4 is 0 Å². The summed E-state index contributed by atoms with van der Waals surface area (Å²) in [5.41, 5.74) is 19.8. The molecular weight excluding hydrogens is 725 g/mol. The number of para-hydroxylation sites is 2.